The molecule has 0 aliphatic heterocycles. The molecule has 2 unspecified atom stereocenters. The summed E-state index contributed by atoms with van der Waals surface area (Å²) in [5.41, 5.74) is 0.102. The van der Waals surface area contributed by atoms with Gasteiger partial charge < -0.3 is 19.7 Å². The minimum absolute atomic E-state index is 0.314. The maximum absolute atomic E-state index is 11.1. The summed E-state index contributed by atoms with van der Waals surface area (Å²) in [4.78, 5) is 11.1. The van der Waals surface area contributed by atoms with Gasteiger partial charge in [-0.05, 0) is 38.5 Å². The lowest BCUT2D eigenvalue weighted by molar-refractivity contribution is -0.156. The van der Waals surface area contributed by atoms with Crippen molar-refractivity contribution in [2.24, 2.45) is 0 Å². The highest BCUT2D eigenvalue weighted by atomic mass is 16.5. The Kier molecular flexibility index (Phi) is 4.91. The highest BCUT2D eigenvalue weighted by Crippen LogP contribution is 2.23. The molecule has 0 aliphatic carbocycles. The number of esters is 1. The Balaban J connectivity index is 2.78. The van der Waals surface area contributed by atoms with Gasteiger partial charge in [0.1, 0.15) is 17.5 Å². The predicted molar refractivity (Wildman–Crippen MR) is 69.8 cm³/mol. The molecule has 106 valence electrons. The molecular weight excluding hydrogens is 248 g/mol. The van der Waals surface area contributed by atoms with Gasteiger partial charge in [-0.25, -0.2) is 4.79 Å². The Morgan fingerprint density at radius 1 is 1.16 bits per heavy atom. The molecule has 1 aromatic rings. The first-order valence-corrected chi connectivity index (χ1v) is 5.97. The van der Waals surface area contributed by atoms with E-state index in [1.54, 1.807) is 24.3 Å². The summed E-state index contributed by atoms with van der Waals surface area (Å²) in [7, 11) is 1.15. The second-order valence-corrected chi connectivity index (χ2v) is 5.20. The zero-order valence-electron chi connectivity index (χ0n) is 11.6. The summed E-state index contributed by atoms with van der Waals surface area (Å²) in [5.74, 6) is -0.224. The van der Waals surface area contributed by atoms with Gasteiger partial charge in [0, 0.05) is 0 Å². The van der Waals surface area contributed by atoms with Crippen molar-refractivity contribution in [1.29, 1.82) is 0 Å². The van der Waals surface area contributed by atoms with Crippen molar-refractivity contribution in [3.05, 3.63) is 29.8 Å². The highest BCUT2D eigenvalue weighted by molar-refractivity contribution is 5.75. The molecule has 0 radical (unpaired) electrons. The van der Waals surface area contributed by atoms with Crippen LogP contribution in [-0.4, -0.2) is 35.0 Å². The molecule has 0 aliphatic rings. The molecule has 2 atom stereocenters. The van der Waals surface area contributed by atoms with Crippen molar-refractivity contribution < 1.29 is 24.5 Å². The van der Waals surface area contributed by atoms with E-state index < -0.39 is 18.2 Å². The van der Waals surface area contributed by atoms with E-state index in [0.717, 1.165) is 7.11 Å². The summed E-state index contributed by atoms with van der Waals surface area (Å²) < 4.78 is 10.0. The first-order chi connectivity index (χ1) is 8.74. The Bertz CT molecular complexity index is 418. The fraction of sp³-hybridized carbons (Fsp3) is 0.500. The lowest BCUT2D eigenvalue weighted by atomic mass is 10.0. The standard InChI is InChI=1S/C14H20O5/c1-14(2,3)19-10-7-5-9(6-8-10)11(15)12(16)13(17)18-4/h5-8,11-12,15-16H,1-4H3. The Labute approximate surface area is 112 Å². The summed E-state index contributed by atoms with van der Waals surface area (Å²) >= 11 is 0. The molecule has 0 amide bonds. The third kappa shape index (κ3) is 4.54. The number of methoxy groups -OCH3 is 1. The SMILES string of the molecule is COC(=O)C(O)C(O)c1ccc(OC(C)(C)C)cc1. The van der Waals surface area contributed by atoms with Crippen LogP contribution in [0.15, 0.2) is 24.3 Å². The predicted octanol–water partition coefficient (Wildman–Crippen LogP) is 1.43. The first kappa shape index (κ1) is 15.5. The van der Waals surface area contributed by atoms with Gasteiger partial charge in [-0.2, -0.15) is 0 Å². The van der Waals surface area contributed by atoms with Crippen LogP contribution in [0.2, 0.25) is 0 Å². The molecule has 0 fully saturated rings. The second kappa shape index (κ2) is 6.04. The molecule has 2 N–H and O–H groups in total. The van der Waals surface area contributed by atoms with E-state index in [-0.39, 0.29) is 5.60 Å². The molecule has 5 heteroatoms. The monoisotopic (exact) mass is 268 g/mol. The van der Waals surface area contributed by atoms with Crippen LogP contribution in [0.3, 0.4) is 0 Å². The molecule has 0 heterocycles. The van der Waals surface area contributed by atoms with E-state index >= 15 is 0 Å². The van der Waals surface area contributed by atoms with E-state index in [1.165, 1.54) is 0 Å². The van der Waals surface area contributed by atoms with Crippen molar-refractivity contribution in [2.75, 3.05) is 7.11 Å². The number of hydrogen-bond donors (Lipinski definition) is 2. The molecule has 1 aromatic carbocycles. The Hall–Kier alpha value is -1.59. The Morgan fingerprint density at radius 3 is 2.11 bits per heavy atom. The molecule has 0 saturated carbocycles. The lowest BCUT2D eigenvalue weighted by Crippen LogP contribution is -2.29. The van der Waals surface area contributed by atoms with Crippen molar-refractivity contribution >= 4 is 5.97 Å². The Morgan fingerprint density at radius 2 is 1.68 bits per heavy atom. The molecule has 0 spiro atoms. The number of carbonyl (C=O) groups excluding carboxylic acids is 1. The van der Waals surface area contributed by atoms with Crippen molar-refractivity contribution in [3.8, 4) is 5.75 Å². The zero-order chi connectivity index (χ0) is 14.6. The zero-order valence-corrected chi connectivity index (χ0v) is 11.6. The fourth-order valence-electron chi connectivity index (χ4n) is 1.52. The van der Waals surface area contributed by atoms with Gasteiger partial charge >= 0.3 is 5.97 Å². The van der Waals surface area contributed by atoms with Crippen molar-refractivity contribution in [3.63, 3.8) is 0 Å². The van der Waals surface area contributed by atoms with Gasteiger partial charge in [-0.1, -0.05) is 12.1 Å². The van der Waals surface area contributed by atoms with Crippen LogP contribution in [0.5, 0.6) is 5.75 Å². The first-order valence-electron chi connectivity index (χ1n) is 5.97. The molecular formula is C14H20O5. The minimum Gasteiger partial charge on any atom is -0.488 e. The number of aliphatic hydroxyl groups is 2. The average Bonchev–Trinajstić information content (AvgIpc) is 2.35. The number of aliphatic hydroxyl groups excluding tert-OH is 2. The van der Waals surface area contributed by atoms with E-state index in [9.17, 15) is 15.0 Å². The van der Waals surface area contributed by atoms with Crippen molar-refractivity contribution in [1.82, 2.24) is 0 Å². The minimum atomic E-state index is -1.60. The quantitative estimate of drug-likeness (QED) is 0.808. The molecule has 1 rings (SSSR count). The molecule has 0 aromatic heterocycles. The highest BCUT2D eigenvalue weighted by Gasteiger charge is 2.26. The summed E-state index contributed by atoms with van der Waals surface area (Å²) in [6.07, 6.45) is -2.92. The van der Waals surface area contributed by atoms with E-state index in [2.05, 4.69) is 4.74 Å². The van der Waals surface area contributed by atoms with Crippen LogP contribution in [0.25, 0.3) is 0 Å². The van der Waals surface area contributed by atoms with Gasteiger partial charge in [-0.3, -0.25) is 0 Å². The fourth-order valence-corrected chi connectivity index (χ4v) is 1.52. The largest absolute Gasteiger partial charge is 0.488 e. The number of rotatable bonds is 4. The van der Waals surface area contributed by atoms with E-state index in [0.29, 0.717) is 11.3 Å². The molecule has 0 bridgehead atoms. The maximum atomic E-state index is 11.1. The average molecular weight is 268 g/mol. The third-order valence-corrected chi connectivity index (χ3v) is 2.39. The normalized spacial score (nSPS) is 14.6. The van der Waals surface area contributed by atoms with Gasteiger partial charge in [0.25, 0.3) is 0 Å². The van der Waals surface area contributed by atoms with Crippen LogP contribution < -0.4 is 4.74 Å². The molecule has 0 saturated heterocycles. The lowest BCUT2D eigenvalue weighted by Gasteiger charge is -2.22. The van der Waals surface area contributed by atoms with E-state index in [1.807, 2.05) is 20.8 Å². The number of hydrogen-bond acceptors (Lipinski definition) is 5. The topological polar surface area (TPSA) is 76.0 Å². The second-order valence-electron chi connectivity index (χ2n) is 5.20. The smallest absolute Gasteiger partial charge is 0.337 e. The van der Waals surface area contributed by atoms with Gasteiger partial charge in [0.2, 0.25) is 0 Å². The third-order valence-electron chi connectivity index (χ3n) is 2.39. The van der Waals surface area contributed by atoms with Crippen LogP contribution in [0.1, 0.15) is 32.4 Å². The molecule has 19 heavy (non-hydrogen) atoms. The number of benzene rings is 1. The van der Waals surface area contributed by atoms with Crippen LogP contribution in [0.4, 0.5) is 0 Å². The summed E-state index contributed by atoms with van der Waals surface area (Å²) in [5, 5.41) is 19.4. The van der Waals surface area contributed by atoms with Crippen LogP contribution in [0, 0.1) is 0 Å². The number of carbonyl (C=O) groups is 1. The molecule has 5 nitrogen and oxygen atoms in total. The van der Waals surface area contributed by atoms with Crippen LogP contribution in [-0.2, 0) is 9.53 Å². The van der Waals surface area contributed by atoms with Gasteiger partial charge in [0.05, 0.1) is 7.11 Å². The summed E-state index contributed by atoms with van der Waals surface area (Å²) in [6.45, 7) is 5.78. The summed E-state index contributed by atoms with van der Waals surface area (Å²) in [6, 6.07) is 6.54. The number of ether oxygens (including phenoxy) is 2. The van der Waals surface area contributed by atoms with Crippen LogP contribution >= 0.6 is 0 Å². The van der Waals surface area contributed by atoms with Crippen molar-refractivity contribution in [2.45, 2.75) is 38.6 Å². The van der Waals surface area contributed by atoms with E-state index in [4.69, 9.17) is 4.74 Å². The maximum Gasteiger partial charge on any atom is 0.337 e. The van der Waals surface area contributed by atoms with Gasteiger partial charge in [-0.15, -0.1) is 0 Å². The van der Waals surface area contributed by atoms with Gasteiger partial charge in [0.15, 0.2) is 6.10 Å².